The van der Waals surface area contributed by atoms with Gasteiger partial charge >= 0.3 is 5.97 Å². The summed E-state index contributed by atoms with van der Waals surface area (Å²) in [6, 6.07) is 16.3. The number of esters is 1. The predicted octanol–water partition coefficient (Wildman–Crippen LogP) is 4.05. The van der Waals surface area contributed by atoms with Crippen LogP contribution in [0.2, 0.25) is 0 Å². The Bertz CT molecular complexity index is 709. The van der Waals surface area contributed by atoms with Crippen molar-refractivity contribution in [3.63, 3.8) is 0 Å². The van der Waals surface area contributed by atoms with E-state index in [1.165, 1.54) is 34.9 Å². The third kappa shape index (κ3) is 2.62. The minimum absolute atomic E-state index is 0.289. The first kappa shape index (κ1) is 13.6. The van der Waals surface area contributed by atoms with Gasteiger partial charge in [-0.25, -0.2) is 4.79 Å². The first-order valence-electron chi connectivity index (χ1n) is 7.13. The van der Waals surface area contributed by atoms with Crippen molar-refractivity contribution in [1.29, 1.82) is 0 Å². The molecule has 2 nitrogen and oxygen atoms in total. The van der Waals surface area contributed by atoms with Crippen LogP contribution in [0.3, 0.4) is 0 Å². The molecule has 2 aromatic rings. The van der Waals surface area contributed by atoms with Crippen LogP contribution >= 0.6 is 0 Å². The molecule has 0 atom stereocenters. The van der Waals surface area contributed by atoms with E-state index in [9.17, 15) is 4.79 Å². The van der Waals surface area contributed by atoms with Crippen molar-refractivity contribution in [2.75, 3.05) is 7.11 Å². The van der Waals surface area contributed by atoms with Gasteiger partial charge in [-0.3, -0.25) is 0 Å². The molecule has 2 aromatic carbocycles. The molecule has 0 N–H and O–H groups in total. The molecule has 0 aliphatic heterocycles. The van der Waals surface area contributed by atoms with Crippen molar-refractivity contribution in [2.45, 2.75) is 19.8 Å². The van der Waals surface area contributed by atoms with E-state index in [4.69, 9.17) is 4.74 Å². The standard InChI is InChI=1S/C19H18O2/c1-13-11-16-5-3-4-6-17(16)18(13)12-14-7-9-15(10-8-14)19(20)21-2/h3-10H,11-12H2,1-2H3. The van der Waals surface area contributed by atoms with Gasteiger partial charge in [0.25, 0.3) is 0 Å². The lowest BCUT2D eigenvalue weighted by Gasteiger charge is -2.08. The Hall–Kier alpha value is -2.35. The summed E-state index contributed by atoms with van der Waals surface area (Å²) in [5.41, 5.74) is 7.44. The highest BCUT2D eigenvalue weighted by atomic mass is 16.5. The molecular formula is C19H18O2. The Balaban J connectivity index is 1.84. The Kier molecular flexibility index (Phi) is 3.61. The monoisotopic (exact) mass is 278 g/mol. The summed E-state index contributed by atoms with van der Waals surface area (Å²) in [5, 5.41) is 0. The van der Waals surface area contributed by atoms with E-state index < -0.39 is 0 Å². The van der Waals surface area contributed by atoms with E-state index in [2.05, 4.69) is 31.2 Å². The normalized spacial score (nSPS) is 13.2. The van der Waals surface area contributed by atoms with Crippen LogP contribution < -0.4 is 0 Å². The van der Waals surface area contributed by atoms with Crippen LogP contribution in [-0.4, -0.2) is 13.1 Å². The van der Waals surface area contributed by atoms with Crippen molar-refractivity contribution >= 4 is 11.5 Å². The smallest absolute Gasteiger partial charge is 0.337 e. The highest BCUT2D eigenvalue weighted by molar-refractivity contribution is 5.89. The van der Waals surface area contributed by atoms with Crippen molar-refractivity contribution in [2.24, 2.45) is 0 Å². The molecule has 0 saturated carbocycles. The first-order chi connectivity index (χ1) is 10.2. The second-order valence-corrected chi connectivity index (χ2v) is 5.46. The maximum atomic E-state index is 11.5. The van der Waals surface area contributed by atoms with Crippen LogP contribution in [0, 0.1) is 0 Å². The molecule has 1 aliphatic carbocycles. The highest BCUT2D eigenvalue weighted by Gasteiger charge is 2.18. The number of rotatable bonds is 3. The molecule has 3 rings (SSSR count). The molecular weight excluding hydrogens is 260 g/mol. The van der Waals surface area contributed by atoms with E-state index in [0.29, 0.717) is 5.56 Å². The molecule has 0 radical (unpaired) electrons. The third-order valence-corrected chi connectivity index (χ3v) is 4.07. The minimum atomic E-state index is -0.289. The Morgan fingerprint density at radius 3 is 2.52 bits per heavy atom. The fourth-order valence-corrected chi connectivity index (χ4v) is 2.92. The second kappa shape index (κ2) is 5.57. The molecule has 0 saturated heterocycles. The van der Waals surface area contributed by atoms with Gasteiger partial charge in [0.05, 0.1) is 12.7 Å². The number of hydrogen-bond acceptors (Lipinski definition) is 2. The molecule has 0 fully saturated rings. The van der Waals surface area contributed by atoms with Gasteiger partial charge in [0.2, 0.25) is 0 Å². The maximum absolute atomic E-state index is 11.5. The maximum Gasteiger partial charge on any atom is 0.337 e. The van der Waals surface area contributed by atoms with E-state index in [0.717, 1.165) is 12.8 Å². The van der Waals surface area contributed by atoms with Crippen molar-refractivity contribution < 1.29 is 9.53 Å². The predicted molar refractivity (Wildman–Crippen MR) is 84.2 cm³/mol. The highest BCUT2D eigenvalue weighted by Crippen LogP contribution is 2.34. The summed E-state index contributed by atoms with van der Waals surface area (Å²) in [4.78, 5) is 11.5. The van der Waals surface area contributed by atoms with Crippen molar-refractivity contribution in [1.82, 2.24) is 0 Å². The molecule has 0 heterocycles. The van der Waals surface area contributed by atoms with Gasteiger partial charge in [0, 0.05) is 0 Å². The molecule has 0 amide bonds. The molecule has 2 heteroatoms. The average Bonchev–Trinajstić information content (AvgIpc) is 2.83. The summed E-state index contributed by atoms with van der Waals surface area (Å²) in [7, 11) is 1.40. The van der Waals surface area contributed by atoms with Gasteiger partial charge in [0.15, 0.2) is 0 Å². The molecule has 21 heavy (non-hydrogen) atoms. The van der Waals surface area contributed by atoms with E-state index in [-0.39, 0.29) is 5.97 Å². The Labute approximate surface area is 125 Å². The number of fused-ring (bicyclic) bond motifs is 1. The largest absolute Gasteiger partial charge is 0.465 e. The average molecular weight is 278 g/mol. The van der Waals surface area contributed by atoms with E-state index >= 15 is 0 Å². The number of methoxy groups -OCH3 is 1. The number of allylic oxidation sites excluding steroid dienone is 2. The molecule has 0 spiro atoms. The number of ether oxygens (including phenoxy) is 1. The van der Waals surface area contributed by atoms with Crippen LogP contribution in [0.1, 0.15) is 34.0 Å². The van der Waals surface area contributed by atoms with Gasteiger partial charge in [0.1, 0.15) is 0 Å². The fraction of sp³-hybridized carbons (Fsp3) is 0.211. The van der Waals surface area contributed by atoms with Crippen molar-refractivity contribution in [3.05, 3.63) is 76.4 Å². The summed E-state index contributed by atoms with van der Waals surface area (Å²) < 4.78 is 4.72. The van der Waals surface area contributed by atoms with Gasteiger partial charge in [-0.05, 0) is 54.2 Å². The number of carbonyl (C=O) groups is 1. The summed E-state index contributed by atoms with van der Waals surface area (Å²) >= 11 is 0. The molecule has 1 aliphatic rings. The van der Waals surface area contributed by atoms with Crippen LogP contribution in [0.5, 0.6) is 0 Å². The minimum Gasteiger partial charge on any atom is -0.465 e. The van der Waals surface area contributed by atoms with Crippen LogP contribution in [0.25, 0.3) is 5.57 Å². The van der Waals surface area contributed by atoms with E-state index in [1.807, 2.05) is 24.3 Å². The summed E-state index contributed by atoms with van der Waals surface area (Å²) in [6.45, 7) is 2.21. The zero-order valence-corrected chi connectivity index (χ0v) is 12.3. The quantitative estimate of drug-likeness (QED) is 0.792. The topological polar surface area (TPSA) is 26.3 Å². The Morgan fingerprint density at radius 2 is 1.81 bits per heavy atom. The molecule has 0 aromatic heterocycles. The lowest BCUT2D eigenvalue weighted by atomic mass is 9.97. The number of hydrogen-bond donors (Lipinski definition) is 0. The van der Waals surface area contributed by atoms with Gasteiger partial charge in [-0.1, -0.05) is 42.0 Å². The summed E-state index contributed by atoms with van der Waals surface area (Å²) in [5.74, 6) is -0.289. The molecule has 106 valence electrons. The van der Waals surface area contributed by atoms with Crippen molar-refractivity contribution in [3.8, 4) is 0 Å². The van der Waals surface area contributed by atoms with Gasteiger partial charge in [-0.2, -0.15) is 0 Å². The SMILES string of the molecule is COC(=O)c1ccc(CC2=C(C)Cc3ccccc32)cc1. The van der Waals surface area contributed by atoms with Crippen LogP contribution in [0.4, 0.5) is 0 Å². The second-order valence-electron chi connectivity index (χ2n) is 5.46. The molecule has 0 bridgehead atoms. The third-order valence-electron chi connectivity index (χ3n) is 4.07. The zero-order chi connectivity index (χ0) is 14.8. The van der Waals surface area contributed by atoms with Gasteiger partial charge in [-0.15, -0.1) is 0 Å². The lowest BCUT2D eigenvalue weighted by molar-refractivity contribution is 0.0600. The number of carbonyl (C=O) groups excluding carboxylic acids is 1. The van der Waals surface area contributed by atoms with E-state index in [1.54, 1.807) is 0 Å². The number of benzene rings is 2. The lowest BCUT2D eigenvalue weighted by Crippen LogP contribution is -2.01. The van der Waals surface area contributed by atoms with Gasteiger partial charge < -0.3 is 4.74 Å². The first-order valence-corrected chi connectivity index (χ1v) is 7.13. The summed E-state index contributed by atoms with van der Waals surface area (Å²) in [6.07, 6.45) is 1.95. The Morgan fingerprint density at radius 1 is 1.10 bits per heavy atom. The van der Waals surface area contributed by atoms with Crippen LogP contribution in [0.15, 0.2) is 54.1 Å². The van der Waals surface area contributed by atoms with Crippen LogP contribution in [-0.2, 0) is 17.6 Å². The zero-order valence-electron chi connectivity index (χ0n) is 12.3. The fourth-order valence-electron chi connectivity index (χ4n) is 2.92. The molecule has 0 unspecified atom stereocenters.